The summed E-state index contributed by atoms with van der Waals surface area (Å²) in [4.78, 5) is 2.20. The van der Waals surface area contributed by atoms with Crippen molar-refractivity contribution in [3.63, 3.8) is 0 Å². The summed E-state index contributed by atoms with van der Waals surface area (Å²) in [6, 6.07) is 8.06. The predicted octanol–water partition coefficient (Wildman–Crippen LogP) is 1.49. The predicted molar refractivity (Wildman–Crippen MR) is 73.8 cm³/mol. The quantitative estimate of drug-likeness (QED) is 0.761. The molecule has 0 saturated carbocycles. The van der Waals surface area contributed by atoms with Gasteiger partial charge in [-0.2, -0.15) is 0 Å². The maximum atomic E-state index is 5.68. The Morgan fingerprint density at radius 1 is 1.33 bits per heavy atom. The number of rotatable bonds is 8. The Morgan fingerprint density at radius 2 is 2.06 bits per heavy atom. The van der Waals surface area contributed by atoms with Crippen LogP contribution in [0.3, 0.4) is 0 Å². The monoisotopic (exact) mass is 252 g/mol. The zero-order valence-corrected chi connectivity index (χ0v) is 11.6. The first-order valence-corrected chi connectivity index (χ1v) is 6.33. The third-order valence-corrected chi connectivity index (χ3v) is 2.81. The van der Waals surface area contributed by atoms with Gasteiger partial charge in [0.05, 0.1) is 13.2 Å². The van der Waals surface area contributed by atoms with E-state index in [4.69, 9.17) is 15.2 Å². The highest BCUT2D eigenvalue weighted by atomic mass is 16.5. The van der Waals surface area contributed by atoms with Gasteiger partial charge < -0.3 is 15.2 Å². The van der Waals surface area contributed by atoms with E-state index in [1.807, 2.05) is 25.1 Å². The lowest BCUT2D eigenvalue weighted by atomic mass is 10.2. The van der Waals surface area contributed by atoms with Gasteiger partial charge in [0, 0.05) is 31.8 Å². The number of methoxy groups -OCH3 is 1. The van der Waals surface area contributed by atoms with Gasteiger partial charge in [-0.05, 0) is 20.0 Å². The van der Waals surface area contributed by atoms with Gasteiger partial charge in [0.25, 0.3) is 0 Å². The first-order chi connectivity index (χ1) is 8.71. The molecule has 1 atom stereocenters. The van der Waals surface area contributed by atoms with Crippen LogP contribution in [0.2, 0.25) is 0 Å². The number of nitrogens with zero attached hydrogens (tertiary/aromatic N) is 1. The molecule has 0 aliphatic carbocycles. The average Bonchev–Trinajstić information content (AvgIpc) is 2.38. The van der Waals surface area contributed by atoms with E-state index in [1.165, 1.54) is 5.56 Å². The van der Waals surface area contributed by atoms with E-state index in [0.717, 1.165) is 18.8 Å². The van der Waals surface area contributed by atoms with Crippen LogP contribution in [0.4, 0.5) is 0 Å². The lowest BCUT2D eigenvalue weighted by molar-refractivity contribution is 0.0436. The second-order valence-corrected chi connectivity index (χ2v) is 4.32. The van der Waals surface area contributed by atoms with Crippen LogP contribution in [0.1, 0.15) is 12.5 Å². The molecule has 0 aliphatic rings. The van der Waals surface area contributed by atoms with E-state index < -0.39 is 0 Å². The Kier molecular flexibility index (Phi) is 6.72. The van der Waals surface area contributed by atoms with Crippen LogP contribution in [0.5, 0.6) is 5.75 Å². The minimum atomic E-state index is 0.0923. The summed E-state index contributed by atoms with van der Waals surface area (Å²) in [5.41, 5.74) is 6.86. The minimum Gasteiger partial charge on any atom is -0.496 e. The first-order valence-electron chi connectivity index (χ1n) is 6.33. The highest BCUT2D eigenvalue weighted by molar-refractivity contribution is 5.32. The Morgan fingerprint density at radius 3 is 2.67 bits per heavy atom. The molecule has 0 amide bonds. The molecule has 1 aromatic carbocycles. The maximum absolute atomic E-state index is 5.68. The number of likely N-dealkylation sites (N-methyl/N-ethyl adjacent to an activating group) is 1. The zero-order valence-electron chi connectivity index (χ0n) is 11.6. The summed E-state index contributed by atoms with van der Waals surface area (Å²) < 4.78 is 10.9. The molecule has 0 fully saturated rings. The molecular weight excluding hydrogens is 228 g/mol. The summed E-state index contributed by atoms with van der Waals surface area (Å²) in [7, 11) is 3.76. The van der Waals surface area contributed by atoms with Crippen molar-refractivity contribution < 1.29 is 9.47 Å². The van der Waals surface area contributed by atoms with Crippen LogP contribution in [0, 0.1) is 0 Å². The van der Waals surface area contributed by atoms with Crippen molar-refractivity contribution in [1.29, 1.82) is 0 Å². The van der Waals surface area contributed by atoms with E-state index in [-0.39, 0.29) is 6.10 Å². The molecule has 0 radical (unpaired) electrons. The Labute approximate surface area is 110 Å². The van der Waals surface area contributed by atoms with Crippen LogP contribution >= 0.6 is 0 Å². The highest BCUT2D eigenvalue weighted by Crippen LogP contribution is 2.18. The molecule has 1 unspecified atom stereocenters. The Balaban J connectivity index is 2.55. The zero-order chi connectivity index (χ0) is 13.4. The summed E-state index contributed by atoms with van der Waals surface area (Å²) in [6.45, 7) is 4.88. The van der Waals surface area contributed by atoms with Gasteiger partial charge in [-0.25, -0.2) is 0 Å². The van der Waals surface area contributed by atoms with Gasteiger partial charge in [0.2, 0.25) is 0 Å². The topological polar surface area (TPSA) is 47.7 Å². The molecule has 4 nitrogen and oxygen atoms in total. The molecule has 0 spiro atoms. The van der Waals surface area contributed by atoms with Gasteiger partial charge in [-0.3, -0.25) is 4.90 Å². The van der Waals surface area contributed by atoms with Crippen molar-refractivity contribution in [3.05, 3.63) is 29.8 Å². The van der Waals surface area contributed by atoms with Crippen LogP contribution in [-0.2, 0) is 11.3 Å². The lowest BCUT2D eigenvalue weighted by Gasteiger charge is -2.23. The molecule has 0 bridgehead atoms. The normalized spacial score (nSPS) is 12.7. The smallest absolute Gasteiger partial charge is 0.123 e. The fourth-order valence-electron chi connectivity index (χ4n) is 1.97. The van der Waals surface area contributed by atoms with E-state index in [2.05, 4.69) is 18.0 Å². The largest absolute Gasteiger partial charge is 0.496 e. The third kappa shape index (κ3) is 4.64. The molecule has 0 aromatic heterocycles. The van der Waals surface area contributed by atoms with Gasteiger partial charge in [0.1, 0.15) is 5.75 Å². The first kappa shape index (κ1) is 15.0. The summed E-state index contributed by atoms with van der Waals surface area (Å²) >= 11 is 0. The Hall–Kier alpha value is -1.10. The molecule has 0 saturated heterocycles. The van der Waals surface area contributed by atoms with E-state index in [1.54, 1.807) is 7.11 Å². The summed E-state index contributed by atoms with van der Waals surface area (Å²) in [5.74, 6) is 0.921. The fourth-order valence-corrected chi connectivity index (χ4v) is 1.97. The van der Waals surface area contributed by atoms with E-state index >= 15 is 0 Å². The molecular formula is C14H24N2O2. The molecule has 0 heterocycles. The van der Waals surface area contributed by atoms with E-state index in [0.29, 0.717) is 13.2 Å². The number of nitrogens with two attached hydrogens (primary N) is 1. The van der Waals surface area contributed by atoms with Crippen LogP contribution in [0.15, 0.2) is 24.3 Å². The fraction of sp³-hybridized carbons (Fsp3) is 0.571. The van der Waals surface area contributed by atoms with E-state index in [9.17, 15) is 0 Å². The van der Waals surface area contributed by atoms with Crippen molar-refractivity contribution in [1.82, 2.24) is 4.90 Å². The third-order valence-electron chi connectivity index (χ3n) is 2.81. The van der Waals surface area contributed by atoms with Gasteiger partial charge in [-0.15, -0.1) is 0 Å². The van der Waals surface area contributed by atoms with Crippen LogP contribution in [-0.4, -0.2) is 44.9 Å². The maximum Gasteiger partial charge on any atom is 0.123 e. The second kappa shape index (κ2) is 8.08. The molecule has 102 valence electrons. The minimum absolute atomic E-state index is 0.0923. The number of hydrogen-bond acceptors (Lipinski definition) is 4. The van der Waals surface area contributed by atoms with Gasteiger partial charge >= 0.3 is 0 Å². The number of hydrogen-bond donors (Lipinski definition) is 1. The number of para-hydroxylation sites is 1. The molecule has 18 heavy (non-hydrogen) atoms. The Bertz CT molecular complexity index is 344. The van der Waals surface area contributed by atoms with Crippen molar-refractivity contribution in [2.75, 3.05) is 33.9 Å². The van der Waals surface area contributed by atoms with Crippen molar-refractivity contribution in [2.24, 2.45) is 5.73 Å². The standard InChI is InChI=1S/C14H24N2O2/c1-4-18-13(9-15)11-16(2)10-12-7-5-6-8-14(12)17-3/h5-8,13H,4,9-11,15H2,1-3H3. The number of ether oxygens (including phenoxy) is 2. The van der Waals surface area contributed by atoms with Crippen molar-refractivity contribution in [3.8, 4) is 5.75 Å². The molecule has 1 aromatic rings. The second-order valence-electron chi connectivity index (χ2n) is 4.32. The SMILES string of the molecule is CCOC(CN)CN(C)Cc1ccccc1OC. The molecule has 2 N–H and O–H groups in total. The molecule has 4 heteroatoms. The van der Waals surface area contributed by atoms with Gasteiger partial charge in [-0.1, -0.05) is 18.2 Å². The summed E-state index contributed by atoms with van der Waals surface area (Å²) in [5, 5.41) is 0. The lowest BCUT2D eigenvalue weighted by Crippen LogP contribution is -2.36. The van der Waals surface area contributed by atoms with Gasteiger partial charge in [0.15, 0.2) is 0 Å². The van der Waals surface area contributed by atoms with Crippen molar-refractivity contribution >= 4 is 0 Å². The summed E-state index contributed by atoms with van der Waals surface area (Å²) in [6.07, 6.45) is 0.0923. The molecule has 1 rings (SSSR count). The van der Waals surface area contributed by atoms with Crippen LogP contribution < -0.4 is 10.5 Å². The average molecular weight is 252 g/mol. The molecule has 0 aliphatic heterocycles. The van der Waals surface area contributed by atoms with Crippen molar-refractivity contribution in [2.45, 2.75) is 19.6 Å². The highest BCUT2D eigenvalue weighted by Gasteiger charge is 2.11. The van der Waals surface area contributed by atoms with Crippen LogP contribution in [0.25, 0.3) is 0 Å². The number of benzene rings is 1.